The van der Waals surface area contributed by atoms with Crippen LogP contribution in [0.1, 0.15) is 40.0 Å². The molecule has 1 atom stereocenters. The van der Waals surface area contributed by atoms with E-state index in [4.69, 9.17) is 4.74 Å². The first-order valence-electron chi connectivity index (χ1n) is 5.76. The van der Waals surface area contributed by atoms with Crippen LogP contribution in [-0.2, 0) is 4.74 Å². The maximum atomic E-state index is 5.44. The quantitative estimate of drug-likeness (QED) is 0.699. The predicted molar refractivity (Wildman–Crippen MR) is 60.5 cm³/mol. The summed E-state index contributed by atoms with van der Waals surface area (Å²) in [5, 5.41) is 3.49. The number of morpholine rings is 1. The number of nitrogens with one attached hydrogen (secondary N) is 1. The van der Waals surface area contributed by atoms with E-state index in [1.54, 1.807) is 11.1 Å². The second-order valence-electron chi connectivity index (χ2n) is 4.02. The Morgan fingerprint density at radius 1 is 1.36 bits per heavy atom. The molecule has 82 valence electrons. The van der Waals surface area contributed by atoms with Crippen LogP contribution in [-0.4, -0.2) is 25.8 Å². The number of ether oxygens (including phenoxy) is 1. The van der Waals surface area contributed by atoms with E-state index in [2.05, 4.69) is 26.1 Å². The molecule has 0 aromatic carbocycles. The summed E-state index contributed by atoms with van der Waals surface area (Å²) in [6.07, 6.45) is 3.53. The van der Waals surface area contributed by atoms with Gasteiger partial charge >= 0.3 is 0 Å². The van der Waals surface area contributed by atoms with Crippen molar-refractivity contribution in [1.82, 2.24) is 5.32 Å². The Balaban J connectivity index is 2.44. The van der Waals surface area contributed by atoms with Crippen LogP contribution in [0.25, 0.3) is 0 Å². The van der Waals surface area contributed by atoms with Crippen molar-refractivity contribution in [3.8, 4) is 0 Å². The highest BCUT2D eigenvalue weighted by Crippen LogP contribution is 2.17. The highest BCUT2D eigenvalue weighted by atomic mass is 16.5. The molecule has 0 saturated carbocycles. The fraction of sp³-hybridized carbons (Fsp3) is 0.833. The van der Waals surface area contributed by atoms with Crippen LogP contribution in [0.15, 0.2) is 11.1 Å². The van der Waals surface area contributed by atoms with Gasteiger partial charge in [-0.05, 0) is 26.2 Å². The molecule has 0 aromatic heterocycles. The largest absolute Gasteiger partial charge is 0.379 e. The number of rotatable bonds is 4. The van der Waals surface area contributed by atoms with Gasteiger partial charge in [0.15, 0.2) is 0 Å². The molecular weight excluding hydrogens is 174 g/mol. The lowest BCUT2D eigenvalue weighted by Crippen LogP contribution is -2.41. The smallest absolute Gasteiger partial charge is 0.0623 e. The Kier molecular flexibility index (Phi) is 5.20. The van der Waals surface area contributed by atoms with E-state index < -0.39 is 0 Å². The van der Waals surface area contributed by atoms with Crippen molar-refractivity contribution in [2.24, 2.45) is 0 Å². The highest BCUT2D eigenvalue weighted by Gasteiger charge is 2.13. The second kappa shape index (κ2) is 6.20. The standard InChI is InChI=1S/C12H23NO/c1-4-11(5-2)10(3)8-12-9-14-7-6-13-12/h12-13H,4-9H2,1-3H3. The van der Waals surface area contributed by atoms with Crippen molar-refractivity contribution in [2.45, 2.75) is 46.1 Å². The summed E-state index contributed by atoms with van der Waals surface area (Å²) in [6.45, 7) is 9.50. The Morgan fingerprint density at radius 2 is 2.07 bits per heavy atom. The molecule has 2 heteroatoms. The molecule has 1 N–H and O–H groups in total. The van der Waals surface area contributed by atoms with Crippen LogP contribution in [0, 0.1) is 0 Å². The van der Waals surface area contributed by atoms with E-state index in [0.717, 1.165) is 26.2 Å². The van der Waals surface area contributed by atoms with Crippen LogP contribution in [0.5, 0.6) is 0 Å². The zero-order valence-electron chi connectivity index (χ0n) is 9.73. The maximum Gasteiger partial charge on any atom is 0.0623 e. The SMILES string of the molecule is CCC(CC)=C(C)CC1COCCN1. The number of hydrogen-bond donors (Lipinski definition) is 1. The third-order valence-corrected chi connectivity index (χ3v) is 3.01. The van der Waals surface area contributed by atoms with Gasteiger partial charge in [-0.2, -0.15) is 0 Å². The Morgan fingerprint density at radius 3 is 2.57 bits per heavy atom. The Labute approximate surface area is 87.7 Å². The van der Waals surface area contributed by atoms with Crippen molar-refractivity contribution >= 4 is 0 Å². The predicted octanol–water partition coefficient (Wildman–Crippen LogP) is 2.50. The molecule has 1 fully saturated rings. The summed E-state index contributed by atoms with van der Waals surface area (Å²) in [5.41, 5.74) is 3.16. The summed E-state index contributed by atoms with van der Waals surface area (Å²) in [5.74, 6) is 0. The van der Waals surface area contributed by atoms with Gasteiger partial charge in [0.05, 0.1) is 13.2 Å². The summed E-state index contributed by atoms with van der Waals surface area (Å²) >= 11 is 0. The molecule has 1 unspecified atom stereocenters. The molecule has 1 rings (SSSR count). The minimum atomic E-state index is 0.539. The van der Waals surface area contributed by atoms with Gasteiger partial charge in [0.1, 0.15) is 0 Å². The van der Waals surface area contributed by atoms with E-state index in [1.165, 1.54) is 12.8 Å². The number of hydrogen-bond acceptors (Lipinski definition) is 2. The summed E-state index contributed by atoms with van der Waals surface area (Å²) < 4.78 is 5.44. The van der Waals surface area contributed by atoms with Gasteiger partial charge in [0.2, 0.25) is 0 Å². The van der Waals surface area contributed by atoms with E-state index in [-0.39, 0.29) is 0 Å². The average Bonchev–Trinajstić information content (AvgIpc) is 2.21. The minimum absolute atomic E-state index is 0.539. The van der Waals surface area contributed by atoms with Gasteiger partial charge in [-0.3, -0.25) is 0 Å². The van der Waals surface area contributed by atoms with Crippen LogP contribution in [0.2, 0.25) is 0 Å². The lowest BCUT2D eigenvalue weighted by Gasteiger charge is -2.24. The molecule has 2 nitrogen and oxygen atoms in total. The molecule has 1 aliphatic heterocycles. The van der Waals surface area contributed by atoms with Crippen molar-refractivity contribution in [3.63, 3.8) is 0 Å². The molecule has 1 saturated heterocycles. The average molecular weight is 197 g/mol. The lowest BCUT2D eigenvalue weighted by atomic mass is 9.98. The van der Waals surface area contributed by atoms with E-state index in [1.807, 2.05) is 0 Å². The molecule has 0 radical (unpaired) electrons. The minimum Gasteiger partial charge on any atom is -0.379 e. The van der Waals surface area contributed by atoms with Gasteiger partial charge in [-0.1, -0.05) is 25.0 Å². The fourth-order valence-corrected chi connectivity index (χ4v) is 2.12. The van der Waals surface area contributed by atoms with E-state index in [0.29, 0.717) is 6.04 Å². The first-order chi connectivity index (χ1) is 6.77. The van der Waals surface area contributed by atoms with Crippen LogP contribution < -0.4 is 5.32 Å². The Hall–Kier alpha value is -0.340. The zero-order chi connectivity index (χ0) is 10.4. The molecule has 0 bridgehead atoms. The van der Waals surface area contributed by atoms with Crippen LogP contribution in [0.4, 0.5) is 0 Å². The molecule has 1 aliphatic rings. The van der Waals surface area contributed by atoms with Crippen LogP contribution in [0.3, 0.4) is 0 Å². The van der Waals surface area contributed by atoms with Crippen molar-refractivity contribution in [2.75, 3.05) is 19.8 Å². The number of allylic oxidation sites excluding steroid dienone is 1. The van der Waals surface area contributed by atoms with Gasteiger partial charge < -0.3 is 10.1 Å². The van der Waals surface area contributed by atoms with Gasteiger partial charge in [0, 0.05) is 12.6 Å². The summed E-state index contributed by atoms with van der Waals surface area (Å²) in [6, 6.07) is 0.539. The lowest BCUT2D eigenvalue weighted by molar-refractivity contribution is 0.0769. The molecule has 14 heavy (non-hydrogen) atoms. The topological polar surface area (TPSA) is 21.3 Å². The third kappa shape index (κ3) is 3.43. The van der Waals surface area contributed by atoms with Crippen molar-refractivity contribution in [1.29, 1.82) is 0 Å². The molecule has 1 heterocycles. The molecule has 0 aromatic rings. The third-order valence-electron chi connectivity index (χ3n) is 3.01. The fourth-order valence-electron chi connectivity index (χ4n) is 2.12. The van der Waals surface area contributed by atoms with Crippen LogP contribution >= 0.6 is 0 Å². The first-order valence-corrected chi connectivity index (χ1v) is 5.76. The van der Waals surface area contributed by atoms with Crippen molar-refractivity contribution in [3.05, 3.63) is 11.1 Å². The normalized spacial score (nSPS) is 22.1. The summed E-state index contributed by atoms with van der Waals surface area (Å²) in [4.78, 5) is 0. The van der Waals surface area contributed by atoms with Gasteiger partial charge in [0.25, 0.3) is 0 Å². The monoisotopic (exact) mass is 197 g/mol. The second-order valence-corrected chi connectivity index (χ2v) is 4.02. The molecule has 0 aliphatic carbocycles. The van der Waals surface area contributed by atoms with Crippen molar-refractivity contribution < 1.29 is 4.74 Å². The van der Waals surface area contributed by atoms with Gasteiger partial charge in [-0.25, -0.2) is 0 Å². The highest BCUT2D eigenvalue weighted by molar-refractivity contribution is 5.12. The zero-order valence-corrected chi connectivity index (χ0v) is 9.73. The summed E-state index contributed by atoms with van der Waals surface area (Å²) in [7, 11) is 0. The molecule has 0 spiro atoms. The maximum absolute atomic E-state index is 5.44. The van der Waals surface area contributed by atoms with Gasteiger partial charge in [-0.15, -0.1) is 0 Å². The Bertz CT molecular complexity index is 186. The van der Waals surface area contributed by atoms with E-state index >= 15 is 0 Å². The molecular formula is C12H23NO. The van der Waals surface area contributed by atoms with E-state index in [9.17, 15) is 0 Å². The first kappa shape index (κ1) is 11.7. The molecule has 0 amide bonds.